The van der Waals surface area contributed by atoms with Crippen molar-refractivity contribution in [3.05, 3.63) is 0 Å². The zero-order valence-corrected chi connectivity index (χ0v) is 8.35. The lowest BCUT2D eigenvalue weighted by Gasteiger charge is -2.29. The number of rotatable bonds is 3. The molecule has 0 aromatic rings. The highest BCUT2D eigenvalue weighted by Gasteiger charge is 2.18. The standard InChI is InChI=1S/C8H16ClNO/c1-6(2)10(7(3)4)8(11)5-9/h6-7H,5H2,1-4H3. The van der Waals surface area contributed by atoms with Gasteiger partial charge in [-0.15, -0.1) is 11.6 Å². The van der Waals surface area contributed by atoms with Gasteiger partial charge in [-0.2, -0.15) is 0 Å². The van der Waals surface area contributed by atoms with Gasteiger partial charge in [-0.25, -0.2) is 0 Å². The average Bonchev–Trinajstić information content (AvgIpc) is 1.85. The minimum atomic E-state index is 0.0108. The molecule has 0 atom stereocenters. The number of carbonyl (C=O) groups excluding carboxylic acids is 1. The summed E-state index contributed by atoms with van der Waals surface area (Å²) in [6.07, 6.45) is 0. The lowest BCUT2D eigenvalue weighted by atomic mass is 10.2. The van der Waals surface area contributed by atoms with Crippen molar-refractivity contribution in [1.82, 2.24) is 4.90 Å². The SMILES string of the molecule is CC(C)N(C(=O)CCl)C(C)C. The quantitative estimate of drug-likeness (QED) is 0.603. The van der Waals surface area contributed by atoms with Crippen LogP contribution in [0, 0.1) is 0 Å². The van der Waals surface area contributed by atoms with E-state index in [0.717, 1.165) is 0 Å². The fourth-order valence-electron chi connectivity index (χ4n) is 1.24. The first-order chi connectivity index (χ1) is 5.00. The van der Waals surface area contributed by atoms with Gasteiger partial charge >= 0.3 is 0 Å². The number of carbonyl (C=O) groups is 1. The Balaban J connectivity index is 4.22. The molecular weight excluding hydrogens is 162 g/mol. The summed E-state index contributed by atoms with van der Waals surface area (Å²) < 4.78 is 0. The summed E-state index contributed by atoms with van der Waals surface area (Å²) in [6, 6.07) is 0.475. The maximum absolute atomic E-state index is 11.2. The molecule has 11 heavy (non-hydrogen) atoms. The molecule has 2 nitrogen and oxygen atoms in total. The van der Waals surface area contributed by atoms with Crippen LogP contribution in [0.3, 0.4) is 0 Å². The van der Waals surface area contributed by atoms with Crippen LogP contribution in [0.5, 0.6) is 0 Å². The first-order valence-corrected chi connectivity index (χ1v) is 4.41. The minimum Gasteiger partial charge on any atom is -0.337 e. The number of hydrogen-bond acceptors (Lipinski definition) is 1. The molecular formula is C8H16ClNO. The Morgan fingerprint density at radius 3 is 1.73 bits per heavy atom. The van der Waals surface area contributed by atoms with Gasteiger partial charge in [-0.3, -0.25) is 4.79 Å². The number of hydrogen-bond donors (Lipinski definition) is 0. The molecule has 0 aliphatic rings. The lowest BCUT2D eigenvalue weighted by molar-refractivity contribution is -0.131. The van der Waals surface area contributed by atoms with Crippen LogP contribution in [-0.4, -0.2) is 28.8 Å². The Morgan fingerprint density at radius 2 is 1.64 bits per heavy atom. The zero-order valence-electron chi connectivity index (χ0n) is 7.60. The fraction of sp³-hybridized carbons (Fsp3) is 0.875. The van der Waals surface area contributed by atoms with Gasteiger partial charge in [-0.05, 0) is 27.7 Å². The molecule has 1 amide bonds. The van der Waals surface area contributed by atoms with Crippen molar-refractivity contribution >= 4 is 17.5 Å². The summed E-state index contributed by atoms with van der Waals surface area (Å²) >= 11 is 5.44. The summed E-state index contributed by atoms with van der Waals surface area (Å²) in [6.45, 7) is 7.96. The molecule has 0 aliphatic heterocycles. The van der Waals surface area contributed by atoms with Crippen LogP contribution in [-0.2, 0) is 4.79 Å². The Labute approximate surface area is 73.5 Å². The molecule has 0 heterocycles. The summed E-state index contributed by atoms with van der Waals surface area (Å²) in [7, 11) is 0. The number of nitrogens with zero attached hydrogens (tertiary/aromatic N) is 1. The van der Waals surface area contributed by atoms with Crippen LogP contribution in [0.15, 0.2) is 0 Å². The van der Waals surface area contributed by atoms with Crippen molar-refractivity contribution in [1.29, 1.82) is 0 Å². The minimum absolute atomic E-state index is 0.0108. The summed E-state index contributed by atoms with van der Waals surface area (Å²) in [5.74, 6) is 0.0905. The first-order valence-electron chi connectivity index (χ1n) is 3.87. The molecule has 0 saturated heterocycles. The van der Waals surface area contributed by atoms with Crippen LogP contribution in [0.25, 0.3) is 0 Å². The van der Waals surface area contributed by atoms with E-state index in [2.05, 4.69) is 0 Å². The Morgan fingerprint density at radius 1 is 1.27 bits per heavy atom. The highest BCUT2D eigenvalue weighted by Crippen LogP contribution is 2.05. The van der Waals surface area contributed by atoms with Gasteiger partial charge in [0.05, 0.1) is 0 Å². The van der Waals surface area contributed by atoms with E-state index in [1.165, 1.54) is 0 Å². The zero-order chi connectivity index (χ0) is 9.02. The summed E-state index contributed by atoms with van der Waals surface area (Å²) in [5.41, 5.74) is 0. The van der Waals surface area contributed by atoms with E-state index in [9.17, 15) is 4.79 Å². The molecule has 0 N–H and O–H groups in total. The highest BCUT2D eigenvalue weighted by molar-refractivity contribution is 6.27. The van der Waals surface area contributed by atoms with E-state index in [1.54, 1.807) is 4.90 Å². The maximum atomic E-state index is 11.2. The second-order valence-corrected chi connectivity index (χ2v) is 3.39. The number of alkyl halides is 1. The van der Waals surface area contributed by atoms with Crippen LogP contribution in [0.2, 0.25) is 0 Å². The molecule has 0 aromatic carbocycles. The van der Waals surface area contributed by atoms with Crippen LogP contribution in [0.1, 0.15) is 27.7 Å². The van der Waals surface area contributed by atoms with Crippen molar-refractivity contribution in [3.63, 3.8) is 0 Å². The monoisotopic (exact) mass is 177 g/mol. The van der Waals surface area contributed by atoms with Crippen molar-refractivity contribution in [2.75, 3.05) is 5.88 Å². The van der Waals surface area contributed by atoms with Crippen molar-refractivity contribution < 1.29 is 4.79 Å². The number of amides is 1. The van der Waals surface area contributed by atoms with E-state index in [0.29, 0.717) is 0 Å². The molecule has 0 unspecified atom stereocenters. The van der Waals surface area contributed by atoms with E-state index in [1.807, 2.05) is 27.7 Å². The second kappa shape index (κ2) is 4.60. The molecule has 0 saturated carbocycles. The first kappa shape index (κ1) is 10.8. The van der Waals surface area contributed by atoms with Crippen molar-refractivity contribution in [3.8, 4) is 0 Å². The number of halogens is 1. The van der Waals surface area contributed by atoms with Gasteiger partial charge in [0.15, 0.2) is 0 Å². The predicted octanol–water partition coefficient (Wildman–Crippen LogP) is 1.87. The third kappa shape index (κ3) is 3.10. The van der Waals surface area contributed by atoms with Gasteiger partial charge in [0.2, 0.25) is 5.91 Å². The molecule has 3 heteroatoms. The summed E-state index contributed by atoms with van der Waals surface area (Å²) in [4.78, 5) is 13.0. The third-order valence-electron chi connectivity index (χ3n) is 1.51. The van der Waals surface area contributed by atoms with Gasteiger partial charge in [0.25, 0.3) is 0 Å². The molecule has 0 aliphatic carbocycles. The third-order valence-corrected chi connectivity index (χ3v) is 1.74. The van der Waals surface area contributed by atoms with Crippen molar-refractivity contribution in [2.45, 2.75) is 39.8 Å². The van der Waals surface area contributed by atoms with Crippen LogP contribution >= 0.6 is 11.6 Å². The normalized spacial score (nSPS) is 10.8. The lowest BCUT2D eigenvalue weighted by Crippen LogP contribution is -2.42. The largest absolute Gasteiger partial charge is 0.337 e. The van der Waals surface area contributed by atoms with E-state index in [-0.39, 0.29) is 23.9 Å². The molecule has 0 aromatic heterocycles. The van der Waals surface area contributed by atoms with Gasteiger partial charge in [0, 0.05) is 12.1 Å². The molecule has 0 rings (SSSR count). The van der Waals surface area contributed by atoms with Crippen LogP contribution < -0.4 is 0 Å². The highest BCUT2D eigenvalue weighted by atomic mass is 35.5. The van der Waals surface area contributed by atoms with Gasteiger partial charge in [0.1, 0.15) is 5.88 Å². The molecule has 0 radical (unpaired) electrons. The predicted molar refractivity (Wildman–Crippen MR) is 47.8 cm³/mol. The Kier molecular flexibility index (Phi) is 4.50. The fourth-order valence-corrected chi connectivity index (χ4v) is 1.38. The van der Waals surface area contributed by atoms with Crippen molar-refractivity contribution in [2.24, 2.45) is 0 Å². The maximum Gasteiger partial charge on any atom is 0.237 e. The topological polar surface area (TPSA) is 20.3 Å². The van der Waals surface area contributed by atoms with Gasteiger partial charge in [-0.1, -0.05) is 0 Å². The summed E-state index contributed by atoms with van der Waals surface area (Å²) in [5, 5.41) is 0. The second-order valence-electron chi connectivity index (χ2n) is 3.12. The molecule has 0 fully saturated rings. The molecule has 0 spiro atoms. The smallest absolute Gasteiger partial charge is 0.237 e. The van der Waals surface area contributed by atoms with Gasteiger partial charge < -0.3 is 4.90 Å². The van der Waals surface area contributed by atoms with E-state index in [4.69, 9.17) is 11.6 Å². The average molecular weight is 178 g/mol. The van der Waals surface area contributed by atoms with Crippen LogP contribution in [0.4, 0.5) is 0 Å². The molecule has 66 valence electrons. The molecule has 0 bridgehead atoms. The van der Waals surface area contributed by atoms with E-state index >= 15 is 0 Å². The Hall–Kier alpha value is -0.240. The van der Waals surface area contributed by atoms with E-state index < -0.39 is 0 Å². The Bertz CT molecular complexity index is 126.